The highest BCUT2D eigenvalue weighted by Crippen LogP contribution is 2.89. The molecule has 0 unspecified atom stereocenters. The zero-order chi connectivity index (χ0) is 47.6. The lowest BCUT2D eigenvalue weighted by molar-refractivity contribution is -0.335. The number of rotatable bonds is 13. The summed E-state index contributed by atoms with van der Waals surface area (Å²) in [6, 6.07) is 0. The minimum absolute atomic E-state index is 0.0248. The van der Waals surface area contributed by atoms with Crippen LogP contribution >= 0.6 is 0 Å². The third-order valence-electron chi connectivity index (χ3n) is 19.5. The summed E-state index contributed by atoms with van der Waals surface area (Å²) >= 11 is 0. The largest absolute Gasteiger partial charge is 0.396 e. The van der Waals surface area contributed by atoms with Gasteiger partial charge in [-0.05, 0) is 130 Å². The van der Waals surface area contributed by atoms with Gasteiger partial charge in [-0.15, -0.1) is 0 Å². The predicted molar refractivity (Wildman–Crippen MR) is 227 cm³/mol. The van der Waals surface area contributed by atoms with Crippen LogP contribution in [0.2, 0.25) is 0 Å². The Morgan fingerprint density at radius 1 is 0.692 bits per heavy atom. The molecule has 0 amide bonds. The van der Waals surface area contributed by atoms with Gasteiger partial charge in [0.05, 0.1) is 49.8 Å². The number of fused-ring (bicyclic) bond motifs is 2. The van der Waals surface area contributed by atoms with Gasteiger partial charge in [-0.1, -0.05) is 27.7 Å². The SMILES string of the molecule is C[C@H](CC[C@H](O)C(C)(C)O)[C@H]1[C@@H](O[C@@H]2O[C@H](CO[C@@H]3O[C@@H](C)[C@H](O)[C@@H](O)[C@H]3O)[C@@H](O)[C@H](O)[C@H]2O)C[C@@]2(C)[C@@H]3CC[C@H]4[C@@](C)(CO)[C@@H](O[C@@H]5OC[C@H](O)[C@H](O)[C@H]5O)CC[C@@]45C[C@@]35CC[C@]12C. The van der Waals surface area contributed by atoms with Gasteiger partial charge in [0, 0.05) is 5.41 Å². The molecule has 0 radical (unpaired) electrons. The quantitative estimate of drug-likeness (QED) is 0.103. The molecule has 8 rings (SSSR count). The van der Waals surface area contributed by atoms with E-state index in [0.29, 0.717) is 25.7 Å². The summed E-state index contributed by atoms with van der Waals surface area (Å²) in [7, 11) is 0. The van der Waals surface area contributed by atoms with E-state index in [1.54, 1.807) is 13.8 Å². The highest BCUT2D eigenvalue weighted by atomic mass is 16.7. The normalized spacial score (nSPS) is 55.3. The smallest absolute Gasteiger partial charge is 0.186 e. The van der Waals surface area contributed by atoms with Crippen LogP contribution < -0.4 is 0 Å². The summed E-state index contributed by atoms with van der Waals surface area (Å²) in [5.41, 5.74) is -2.66. The lowest BCUT2D eigenvalue weighted by atomic mass is 9.41. The fraction of sp³-hybridized carbons (Fsp3) is 1.00. The number of hydrogen-bond acceptors (Lipinski definition) is 18. The summed E-state index contributed by atoms with van der Waals surface area (Å²) in [4.78, 5) is 0. The van der Waals surface area contributed by atoms with Crippen LogP contribution in [0.5, 0.6) is 0 Å². The van der Waals surface area contributed by atoms with E-state index in [2.05, 4.69) is 27.7 Å². The lowest BCUT2D eigenvalue weighted by Gasteiger charge is -2.63. The molecule has 18 heteroatoms. The number of aliphatic hydroxyl groups is 12. The van der Waals surface area contributed by atoms with Crippen molar-refractivity contribution < 1.29 is 89.7 Å². The van der Waals surface area contributed by atoms with Gasteiger partial charge in [0.15, 0.2) is 18.9 Å². The Kier molecular flexibility index (Phi) is 13.9. The van der Waals surface area contributed by atoms with Crippen LogP contribution in [0, 0.1) is 50.7 Å². The van der Waals surface area contributed by atoms with Gasteiger partial charge in [0.2, 0.25) is 0 Å². The molecule has 65 heavy (non-hydrogen) atoms. The fourth-order valence-corrected chi connectivity index (χ4v) is 15.5. The molecule has 3 heterocycles. The molecule has 2 spiro atoms. The molecule has 3 saturated heterocycles. The Balaban J connectivity index is 1.04. The molecule has 18 nitrogen and oxygen atoms in total. The summed E-state index contributed by atoms with van der Waals surface area (Å²) < 4.78 is 36.6. The second-order valence-corrected chi connectivity index (χ2v) is 23.2. The second-order valence-electron chi connectivity index (χ2n) is 23.2. The first-order valence-electron chi connectivity index (χ1n) is 24.3. The summed E-state index contributed by atoms with van der Waals surface area (Å²) in [5, 5.41) is 129. The maximum Gasteiger partial charge on any atom is 0.186 e. The van der Waals surface area contributed by atoms with Crippen LogP contribution in [-0.2, 0) is 28.4 Å². The van der Waals surface area contributed by atoms with E-state index in [1.807, 2.05) is 0 Å². The monoisotopic (exact) mass is 933 g/mol. The third-order valence-corrected chi connectivity index (χ3v) is 19.5. The van der Waals surface area contributed by atoms with Gasteiger partial charge >= 0.3 is 0 Å². The molecule has 5 aliphatic carbocycles. The lowest BCUT2D eigenvalue weighted by Crippen LogP contribution is -2.61. The van der Waals surface area contributed by atoms with Gasteiger partial charge in [-0.3, -0.25) is 0 Å². The summed E-state index contributed by atoms with van der Waals surface area (Å²) in [6.07, 6.45) is -13.9. The molecule has 0 bridgehead atoms. The minimum Gasteiger partial charge on any atom is -0.396 e. The fourth-order valence-electron chi connectivity index (χ4n) is 15.5. The van der Waals surface area contributed by atoms with Crippen LogP contribution in [0.3, 0.4) is 0 Å². The minimum atomic E-state index is -1.69. The Morgan fingerprint density at radius 2 is 1.32 bits per heavy atom. The second kappa shape index (κ2) is 17.8. The van der Waals surface area contributed by atoms with Crippen molar-refractivity contribution in [3.63, 3.8) is 0 Å². The molecule has 5 saturated carbocycles. The van der Waals surface area contributed by atoms with Crippen molar-refractivity contribution in [3.05, 3.63) is 0 Å². The van der Waals surface area contributed by atoms with Crippen LogP contribution in [-0.4, -0.2) is 191 Å². The van der Waals surface area contributed by atoms with E-state index in [0.717, 1.165) is 38.5 Å². The Hall–Kier alpha value is -0.720. The summed E-state index contributed by atoms with van der Waals surface area (Å²) in [5.74, 6) is 0.220. The van der Waals surface area contributed by atoms with Gasteiger partial charge in [0.25, 0.3) is 0 Å². The van der Waals surface area contributed by atoms with E-state index < -0.39 is 122 Å². The Morgan fingerprint density at radius 3 is 2.00 bits per heavy atom. The predicted octanol–water partition coefficient (Wildman–Crippen LogP) is -0.583. The average Bonchev–Trinajstić information content (AvgIpc) is 3.86. The maximum absolute atomic E-state index is 11.5. The van der Waals surface area contributed by atoms with Crippen molar-refractivity contribution in [2.75, 3.05) is 19.8 Å². The number of aliphatic hydroxyl groups excluding tert-OH is 11. The van der Waals surface area contributed by atoms with Crippen molar-refractivity contribution >= 4 is 0 Å². The molecule has 26 atom stereocenters. The van der Waals surface area contributed by atoms with E-state index in [4.69, 9.17) is 28.4 Å². The number of ether oxygens (including phenoxy) is 6. The highest BCUT2D eigenvalue weighted by molar-refractivity contribution is 5.31. The van der Waals surface area contributed by atoms with Crippen molar-refractivity contribution in [1.29, 1.82) is 0 Å². The molecule has 0 aromatic carbocycles. The van der Waals surface area contributed by atoms with Gasteiger partial charge in [-0.25, -0.2) is 0 Å². The van der Waals surface area contributed by atoms with Crippen molar-refractivity contribution in [2.24, 2.45) is 50.7 Å². The van der Waals surface area contributed by atoms with Crippen molar-refractivity contribution in [1.82, 2.24) is 0 Å². The van der Waals surface area contributed by atoms with E-state index in [-0.39, 0.29) is 58.5 Å². The third kappa shape index (κ3) is 8.01. The van der Waals surface area contributed by atoms with Crippen molar-refractivity contribution in [2.45, 2.75) is 223 Å². The van der Waals surface area contributed by atoms with Crippen LogP contribution in [0.4, 0.5) is 0 Å². The molecular formula is C47H80O18. The first-order chi connectivity index (χ1) is 30.3. The molecule has 8 aliphatic rings. The standard InChI is InChI=1S/C47H80O18/c1-21(8-11-28(50)42(3,4)59)30-24(63-41-38(58)35(55)33(53)25(64-41)18-61-39-37(57)34(54)31(51)22(2)62-39)16-45(7)27-10-9-26-43(5,20-48)29(65-40-36(56)32(52)23(49)17-60-40)12-13-46(26)19-47(27,46)15-14-44(30,45)6/h21-41,48-59H,8-20H2,1-7H3/t21-,22+,23+,24+,25-,26+,27+,28+,29+,30+,31+,32+,33-,34-,35+,36-,37-,38-,39-,40+,41-,43-,44-,45+,46-,47+/m1/s1. The summed E-state index contributed by atoms with van der Waals surface area (Å²) in [6.45, 7) is 12.9. The van der Waals surface area contributed by atoms with Crippen LogP contribution in [0.1, 0.15) is 113 Å². The first-order valence-corrected chi connectivity index (χ1v) is 24.3. The van der Waals surface area contributed by atoms with Gasteiger partial charge in [-0.2, -0.15) is 0 Å². The average molecular weight is 933 g/mol. The number of hydrogen-bond donors (Lipinski definition) is 12. The van der Waals surface area contributed by atoms with E-state index in [1.165, 1.54) is 6.92 Å². The molecule has 0 aromatic heterocycles. The Bertz CT molecular complexity index is 1670. The van der Waals surface area contributed by atoms with Crippen LogP contribution in [0.25, 0.3) is 0 Å². The van der Waals surface area contributed by atoms with Crippen molar-refractivity contribution in [3.8, 4) is 0 Å². The van der Waals surface area contributed by atoms with E-state index in [9.17, 15) is 61.3 Å². The first kappa shape index (κ1) is 50.7. The zero-order valence-electron chi connectivity index (χ0n) is 39.1. The molecule has 3 aliphatic heterocycles. The van der Waals surface area contributed by atoms with Gasteiger partial charge in [0.1, 0.15) is 61.0 Å². The molecular weight excluding hydrogens is 852 g/mol. The van der Waals surface area contributed by atoms with Gasteiger partial charge < -0.3 is 89.7 Å². The zero-order valence-corrected chi connectivity index (χ0v) is 39.1. The topological polar surface area (TPSA) is 298 Å². The maximum atomic E-state index is 11.5. The van der Waals surface area contributed by atoms with E-state index >= 15 is 0 Å². The highest BCUT2D eigenvalue weighted by Gasteiger charge is 2.83. The molecule has 0 aromatic rings. The van der Waals surface area contributed by atoms with Crippen LogP contribution in [0.15, 0.2) is 0 Å². The molecule has 8 fully saturated rings. The molecule has 12 N–H and O–H groups in total. The Labute approximate surface area is 382 Å². The molecule has 376 valence electrons.